The molecule has 3 heteroatoms. The molecule has 1 rings (SSSR count). The van der Waals surface area contributed by atoms with E-state index in [0.29, 0.717) is 18.3 Å². The van der Waals surface area contributed by atoms with E-state index < -0.39 is 5.97 Å². The van der Waals surface area contributed by atoms with Crippen molar-refractivity contribution in [3.63, 3.8) is 0 Å². The van der Waals surface area contributed by atoms with Gasteiger partial charge in [-0.1, -0.05) is 6.92 Å². The summed E-state index contributed by atoms with van der Waals surface area (Å²) in [5, 5.41) is 12.0. The summed E-state index contributed by atoms with van der Waals surface area (Å²) >= 11 is 0. The van der Waals surface area contributed by atoms with E-state index in [-0.39, 0.29) is 0 Å². The second-order valence-electron chi connectivity index (χ2n) is 4.02. The summed E-state index contributed by atoms with van der Waals surface area (Å²) in [7, 11) is 0. The van der Waals surface area contributed by atoms with E-state index in [1.165, 1.54) is 12.8 Å². The van der Waals surface area contributed by atoms with Crippen molar-refractivity contribution in [3.05, 3.63) is 0 Å². The Hall–Kier alpha value is -0.570. The summed E-state index contributed by atoms with van der Waals surface area (Å²) in [4.78, 5) is 10.5. The molecular weight excluding hydrogens is 166 g/mol. The molecule has 0 aromatic rings. The van der Waals surface area contributed by atoms with Crippen LogP contribution in [0.5, 0.6) is 0 Å². The predicted molar refractivity (Wildman–Crippen MR) is 51.6 cm³/mol. The minimum Gasteiger partial charge on any atom is -0.481 e. The zero-order valence-electron chi connectivity index (χ0n) is 8.25. The molecule has 3 nitrogen and oxygen atoms in total. The lowest BCUT2D eigenvalue weighted by Crippen LogP contribution is -2.18. The van der Waals surface area contributed by atoms with Crippen LogP contribution < -0.4 is 5.32 Å². The molecule has 2 N–H and O–H groups in total. The fourth-order valence-corrected chi connectivity index (χ4v) is 2.06. The Labute approximate surface area is 79.5 Å². The lowest BCUT2D eigenvalue weighted by Gasteiger charge is -2.20. The Balaban J connectivity index is 2.34. The van der Waals surface area contributed by atoms with Gasteiger partial charge in [0.15, 0.2) is 0 Å². The van der Waals surface area contributed by atoms with Gasteiger partial charge in [0.25, 0.3) is 0 Å². The number of rotatable bonds is 3. The first-order chi connectivity index (χ1) is 6.20. The first kappa shape index (κ1) is 10.5. The first-order valence-corrected chi connectivity index (χ1v) is 5.12. The highest BCUT2D eigenvalue weighted by molar-refractivity contribution is 5.66. The number of hydrogen-bond acceptors (Lipinski definition) is 2. The minimum atomic E-state index is -0.662. The van der Waals surface area contributed by atoms with Crippen molar-refractivity contribution in [2.75, 3.05) is 13.1 Å². The van der Waals surface area contributed by atoms with Gasteiger partial charge in [0, 0.05) is 6.42 Å². The molecule has 1 fully saturated rings. The molecule has 2 unspecified atom stereocenters. The molecule has 0 bridgehead atoms. The lowest BCUT2D eigenvalue weighted by atomic mass is 9.86. The highest BCUT2D eigenvalue weighted by atomic mass is 16.4. The van der Waals surface area contributed by atoms with Crippen LogP contribution in [0.2, 0.25) is 0 Å². The van der Waals surface area contributed by atoms with Gasteiger partial charge >= 0.3 is 5.97 Å². The number of carboxylic acids is 1. The summed E-state index contributed by atoms with van der Waals surface area (Å²) in [5.41, 5.74) is 0. The summed E-state index contributed by atoms with van der Waals surface area (Å²) in [6, 6.07) is 0. The van der Waals surface area contributed by atoms with Crippen LogP contribution in [0.4, 0.5) is 0 Å². The minimum absolute atomic E-state index is 0.324. The monoisotopic (exact) mass is 185 g/mol. The first-order valence-electron chi connectivity index (χ1n) is 5.12. The van der Waals surface area contributed by atoms with Crippen molar-refractivity contribution in [1.82, 2.24) is 5.32 Å². The Morgan fingerprint density at radius 1 is 1.54 bits per heavy atom. The zero-order valence-corrected chi connectivity index (χ0v) is 8.25. The van der Waals surface area contributed by atoms with Gasteiger partial charge in [-0.3, -0.25) is 4.79 Å². The second kappa shape index (κ2) is 5.22. The van der Waals surface area contributed by atoms with Gasteiger partial charge in [-0.05, 0) is 44.2 Å². The van der Waals surface area contributed by atoms with Crippen LogP contribution in [0, 0.1) is 11.8 Å². The molecule has 1 heterocycles. The molecule has 0 radical (unpaired) electrons. The standard InChI is InChI=1S/C10H19NO2/c1-8(7-10(12)13)9-3-2-5-11-6-4-9/h8-9,11H,2-7H2,1H3,(H,12,13). The molecule has 0 aliphatic carbocycles. The SMILES string of the molecule is CC(CC(=O)O)C1CCCNCC1. The Morgan fingerprint density at radius 2 is 2.31 bits per heavy atom. The molecule has 76 valence electrons. The highest BCUT2D eigenvalue weighted by Crippen LogP contribution is 2.24. The third-order valence-electron chi connectivity index (χ3n) is 2.92. The maximum Gasteiger partial charge on any atom is 0.303 e. The van der Waals surface area contributed by atoms with Crippen LogP contribution in [0.1, 0.15) is 32.6 Å². The largest absolute Gasteiger partial charge is 0.481 e. The Bertz CT molecular complexity index is 162. The maximum atomic E-state index is 10.5. The predicted octanol–water partition coefficient (Wildman–Crippen LogP) is 1.49. The third-order valence-corrected chi connectivity index (χ3v) is 2.92. The summed E-state index contributed by atoms with van der Waals surface area (Å²) in [6.45, 7) is 4.20. The highest BCUT2D eigenvalue weighted by Gasteiger charge is 2.20. The van der Waals surface area contributed by atoms with Crippen molar-refractivity contribution in [1.29, 1.82) is 0 Å². The van der Waals surface area contributed by atoms with E-state index in [2.05, 4.69) is 12.2 Å². The van der Waals surface area contributed by atoms with E-state index in [9.17, 15) is 4.79 Å². The fraction of sp³-hybridized carbons (Fsp3) is 0.900. The molecule has 0 aromatic heterocycles. The number of carbonyl (C=O) groups is 1. The Morgan fingerprint density at radius 3 is 3.00 bits per heavy atom. The summed E-state index contributed by atoms with van der Waals surface area (Å²) in [5.74, 6) is 0.271. The molecule has 0 amide bonds. The van der Waals surface area contributed by atoms with Gasteiger partial charge in [0.1, 0.15) is 0 Å². The van der Waals surface area contributed by atoms with E-state index >= 15 is 0 Å². The molecule has 1 saturated heterocycles. The summed E-state index contributed by atoms with van der Waals surface area (Å²) in [6.07, 6.45) is 3.83. The fourth-order valence-electron chi connectivity index (χ4n) is 2.06. The molecule has 2 atom stereocenters. The van der Waals surface area contributed by atoms with Gasteiger partial charge in [0.2, 0.25) is 0 Å². The molecule has 0 saturated carbocycles. The summed E-state index contributed by atoms with van der Waals surface area (Å²) < 4.78 is 0. The Kier molecular flexibility index (Phi) is 4.22. The lowest BCUT2D eigenvalue weighted by molar-refractivity contribution is -0.138. The van der Waals surface area contributed by atoms with Gasteiger partial charge in [-0.25, -0.2) is 0 Å². The van der Waals surface area contributed by atoms with Crippen LogP contribution in [-0.2, 0) is 4.79 Å². The molecule has 1 aliphatic heterocycles. The number of carboxylic acid groups (broad SMARTS) is 1. The molecular formula is C10H19NO2. The van der Waals surface area contributed by atoms with Crippen molar-refractivity contribution in [3.8, 4) is 0 Å². The average molecular weight is 185 g/mol. The van der Waals surface area contributed by atoms with Crippen LogP contribution in [-0.4, -0.2) is 24.2 Å². The van der Waals surface area contributed by atoms with E-state index in [0.717, 1.165) is 19.5 Å². The van der Waals surface area contributed by atoms with Crippen molar-refractivity contribution in [2.24, 2.45) is 11.8 Å². The number of nitrogens with one attached hydrogen (secondary N) is 1. The van der Waals surface area contributed by atoms with E-state index in [1.54, 1.807) is 0 Å². The zero-order chi connectivity index (χ0) is 9.68. The van der Waals surface area contributed by atoms with Crippen molar-refractivity contribution >= 4 is 5.97 Å². The van der Waals surface area contributed by atoms with Gasteiger partial charge < -0.3 is 10.4 Å². The molecule has 13 heavy (non-hydrogen) atoms. The average Bonchev–Trinajstić information content (AvgIpc) is 2.29. The van der Waals surface area contributed by atoms with Crippen LogP contribution in [0.15, 0.2) is 0 Å². The molecule has 0 spiro atoms. The third kappa shape index (κ3) is 3.77. The quantitative estimate of drug-likeness (QED) is 0.700. The number of hydrogen-bond donors (Lipinski definition) is 2. The second-order valence-corrected chi connectivity index (χ2v) is 4.02. The topological polar surface area (TPSA) is 49.3 Å². The van der Waals surface area contributed by atoms with Crippen molar-refractivity contribution in [2.45, 2.75) is 32.6 Å². The van der Waals surface area contributed by atoms with Crippen LogP contribution in [0.25, 0.3) is 0 Å². The molecule has 1 aliphatic rings. The van der Waals surface area contributed by atoms with E-state index in [4.69, 9.17) is 5.11 Å². The van der Waals surface area contributed by atoms with Gasteiger partial charge in [-0.15, -0.1) is 0 Å². The van der Waals surface area contributed by atoms with Crippen LogP contribution >= 0.6 is 0 Å². The normalized spacial score (nSPS) is 26.4. The smallest absolute Gasteiger partial charge is 0.303 e. The number of aliphatic carboxylic acids is 1. The van der Waals surface area contributed by atoms with Gasteiger partial charge in [-0.2, -0.15) is 0 Å². The van der Waals surface area contributed by atoms with E-state index in [1.807, 2.05) is 0 Å². The maximum absolute atomic E-state index is 10.5. The van der Waals surface area contributed by atoms with Gasteiger partial charge in [0.05, 0.1) is 0 Å². The molecule has 0 aromatic carbocycles. The van der Waals surface area contributed by atoms with Crippen molar-refractivity contribution < 1.29 is 9.90 Å². The van der Waals surface area contributed by atoms with Crippen LogP contribution in [0.3, 0.4) is 0 Å².